The number of rotatable bonds is 1. The molecule has 0 N–H and O–H groups in total. The lowest BCUT2D eigenvalue weighted by Gasteiger charge is -2.13. The van der Waals surface area contributed by atoms with Crippen LogP contribution in [-0.2, 0) is 4.74 Å². The first-order valence-corrected chi connectivity index (χ1v) is 4.74. The minimum Gasteiger partial charge on any atom is -0.377 e. The topological polar surface area (TPSA) is 9.23 Å². The highest BCUT2D eigenvalue weighted by molar-refractivity contribution is 5.29. The van der Waals surface area contributed by atoms with Gasteiger partial charge in [-0.3, -0.25) is 0 Å². The van der Waals surface area contributed by atoms with Gasteiger partial charge in [0, 0.05) is 0 Å². The van der Waals surface area contributed by atoms with Crippen LogP contribution in [0.25, 0.3) is 0 Å². The van der Waals surface area contributed by atoms with Crippen LogP contribution in [0.5, 0.6) is 0 Å². The van der Waals surface area contributed by atoms with Crippen LogP contribution in [0.2, 0.25) is 0 Å². The Bertz CT molecular complexity index is 166. The van der Waals surface area contributed by atoms with E-state index in [0.717, 1.165) is 19.6 Å². The van der Waals surface area contributed by atoms with Crippen molar-refractivity contribution in [3.63, 3.8) is 0 Å². The Morgan fingerprint density at radius 2 is 2.17 bits per heavy atom. The minimum absolute atomic E-state index is 0.792. The highest BCUT2D eigenvalue weighted by atomic mass is 16.5. The molecule has 0 fully saturated rings. The van der Waals surface area contributed by atoms with Crippen LogP contribution < -0.4 is 0 Å². The van der Waals surface area contributed by atoms with Crippen molar-refractivity contribution in [3.8, 4) is 0 Å². The molecule has 0 saturated heterocycles. The van der Waals surface area contributed by atoms with Crippen LogP contribution in [0.15, 0.2) is 23.3 Å². The monoisotopic (exact) mass is 168 g/mol. The molecule has 1 heteroatoms. The van der Waals surface area contributed by atoms with Gasteiger partial charge in [0.2, 0.25) is 0 Å². The molecule has 1 heterocycles. The molecule has 0 atom stereocenters. The first-order chi connectivity index (χ1) is 5.84. The van der Waals surface area contributed by atoms with E-state index in [9.17, 15) is 0 Å². The fourth-order valence-electron chi connectivity index (χ4n) is 1.07. The van der Waals surface area contributed by atoms with Gasteiger partial charge in [-0.2, -0.15) is 0 Å². The lowest BCUT2D eigenvalue weighted by molar-refractivity contribution is 0.155. The average Bonchev–Trinajstić information content (AvgIpc) is 2.21. The molecule has 0 amide bonds. The molecule has 0 bridgehead atoms. The van der Waals surface area contributed by atoms with Crippen molar-refractivity contribution < 1.29 is 4.74 Å². The largest absolute Gasteiger partial charge is 0.377 e. The predicted octanol–water partition coefficient (Wildman–Crippen LogP) is 3.33. The summed E-state index contributed by atoms with van der Waals surface area (Å²) >= 11 is 0. The molecule has 12 heavy (non-hydrogen) atoms. The normalized spacial score (nSPS) is 17.7. The lowest BCUT2D eigenvalue weighted by Crippen LogP contribution is -2.04. The van der Waals surface area contributed by atoms with Crippen LogP contribution in [0.3, 0.4) is 0 Å². The maximum Gasteiger partial charge on any atom is 0.0653 e. The predicted molar refractivity (Wildman–Crippen MR) is 54.3 cm³/mol. The van der Waals surface area contributed by atoms with Crippen molar-refractivity contribution in [2.75, 3.05) is 13.2 Å². The van der Waals surface area contributed by atoms with Crippen LogP contribution >= 0.6 is 0 Å². The molecule has 0 aliphatic carbocycles. The third-order valence-electron chi connectivity index (χ3n) is 1.90. The van der Waals surface area contributed by atoms with E-state index in [2.05, 4.69) is 26.0 Å². The van der Waals surface area contributed by atoms with Gasteiger partial charge in [-0.25, -0.2) is 0 Å². The highest BCUT2D eigenvalue weighted by Gasteiger charge is 2.03. The van der Waals surface area contributed by atoms with E-state index < -0.39 is 0 Å². The van der Waals surface area contributed by atoms with Crippen molar-refractivity contribution in [2.45, 2.75) is 34.1 Å². The maximum atomic E-state index is 5.19. The van der Waals surface area contributed by atoms with Crippen LogP contribution in [0.1, 0.15) is 34.1 Å². The Labute approximate surface area is 76.1 Å². The van der Waals surface area contributed by atoms with Gasteiger partial charge in [-0.15, -0.1) is 0 Å². The van der Waals surface area contributed by atoms with Crippen molar-refractivity contribution in [1.82, 2.24) is 0 Å². The van der Waals surface area contributed by atoms with Crippen LogP contribution in [0, 0.1) is 0 Å². The molecule has 1 rings (SSSR count). The Kier molecular flexibility index (Phi) is 6.78. The van der Waals surface area contributed by atoms with E-state index in [1.807, 2.05) is 13.8 Å². The van der Waals surface area contributed by atoms with E-state index in [-0.39, 0.29) is 0 Å². The SMILES string of the molecule is C/C=C(\C)C1=CCOCC1.CC. The summed E-state index contributed by atoms with van der Waals surface area (Å²) in [5, 5.41) is 0. The second-order valence-corrected chi connectivity index (χ2v) is 2.53. The van der Waals surface area contributed by atoms with Gasteiger partial charge in [-0.05, 0) is 25.8 Å². The molecule has 0 aromatic heterocycles. The van der Waals surface area contributed by atoms with Crippen LogP contribution in [-0.4, -0.2) is 13.2 Å². The van der Waals surface area contributed by atoms with Gasteiger partial charge in [0.15, 0.2) is 0 Å². The third-order valence-corrected chi connectivity index (χ3v) is 1.90. The van der Waals surface area contributed by atoms with Gasteiger partial charge in [0.25, 0.3) is 0 Å². The summed E-state index contributed by atoms with van der Waals surface area (Å²) in [4.78, 5) is 0. The first kappa shape index (κ1) is 11.4. The van der Waals surface area contributed by atoms with E-state index in [1.54, 1.807) is 0 Å². The minimum atomic E-state index is 0.792. The fourth-order valence-corrected chi connectivity index (χ4v) is 1.07. The van der Waals surface area contributed by atoms with Crippen molar-refractivity contribution in [3.05, 3.63) is 23.3 Å². The second-order valence-electron chi connectivity index (χ2n) is 2.53. The molecule has 70 valence electrons. The van der Waals surface area contributed by atoms with E-state index in [0.29, 0.717) is 0 Å². The van der Waals surface area contributed by atoms with E-state index in [4.69, 9.17) is 4.74 Å². The van der Waals surface area contributed by atoms with Gasteiger partial charge in [0.1, 0.15) is 0 Å². The molecule has 1 aliphatic rings. The number of ether oxygens (including phenoxy) is 1. The molecular weight excluding hydrogens is 148 g/mol. The van der Waals surface area contributed by atoms with Gasteiger partial charge >= 0.3 is 0 Å². The first-order valence-electron chi connectivity index (χ1n) is 4.74. The molecule has 1 aliphatic heterocycles. The molecule has 0 saturated carbocycles. The molecule has 0 aromatic rings. The van der Waals surface area contributed by atoms with E-state index >= 15 is 0 Å². The quantitative estimate of drug-likeness (QED) is 0.583. The summed E-state index contributed by atoms with van der Waals surface area (Å²) in [7, 11) is 0. The zero-order valence-electron chi connectivity index (χ0n) is 8.68. The Balaban J connectivity index is 0.000000561. The summed E-state index contributed by atoms with van der Waals surface area (Å²) in [5.74, 6) is 0. The summed E-state index contributed by atoms with van der Waals surface area (Å²) < 4.78 is 5.19. The maximum absolute atomic E-state index is 5.19. The zero-order valence-corrected chi connectivity index (χ0v) is 8.68. The molecule has 0 aromatic carbocycles. The van der Waals surface area contributed by atoms with E-state index in [1.165, 1.54) is 11.1 Å². The molecule has 0 radical (unpaired) electrons. The number of hydrogen-bond acceptors (Lipinski definition) is 1. The standard InChI is InChI=1S/C9H14O.C2H6/c1-3-8(2)9-4-6-10-7-5-9;1-2/h3-4H,5-7H2,1-2H3;1-2H3/b8-3+;. The van der Waals surface area contributed by atoms with Crippen molar-refractivity contribution in [2.24, 2.45) is 0 Å². The summed E-state index contributed by atoms with van der Waals surface area (Å²) in [5.41, 5.74) is 2.84. The summed E-state index contributed by atoms with van der Waals surface area (Å²) in [6, 6.07) is 0. The number of hydrogen-bond donors (Lipinski definition) is 0. The second kappa shape index (κ2) is 7.11. The third kappa shape index (κ3) is 3.72. The Hall–Kier alpha value is -0.560. The highest BCUT2D eigenvalue weighted by Crippen LogP contribution is 2.16. The lowest BCUT2D eigenvalue weighted by atomic mass is 10.0. The molecule has 0 unspecified atom stereocenters. The Morgan fingerprint density at radius 1 is 1.50 bits per heavy atom. The molecule has 0 spiro atoms. The van der Waals surface area contributed by atoms with Crippen molar-refractivity contribution >= 4 is 0 Å². The molecule has 1 nitrogen and oxygen atoms in total. The van der Waals surface area contributed by atoms with Gasteiger partial charge in [0.05, 0.1) is 13.2 Å². The Morgan fingerprint density at radius 3 is 2.58 bits per heavy atom. The molecular formula is C11H20O. The van der Waals surface area contributed by atoms with Gasteiger partial charge in [-0.1, -0.05) is 31.6 Å². The fraction of sp³-hybridized carbons (Fsp3) is 0.636. The van der Waals surface area contributed by atoms with Crippen LogP contribution in [0.4, 0.5) is 0 Å². The zero-order chi connectivity index (χ0) is 9.40. The average molecular weight is 168 g/mol. The summed E-state index contributed by atoms with van der Waals surface area (Å²) in [6.45, 7) is 9.90. The number of allylic oxidation sites excluding steroid dienone is 2. The van der Waals surface area contributed by atoms with Crippen molar-refractivity contribution in [1.29, 1.82) is 0 Å². The van der Waals surface area contributed by atoms with Gasteiger partial charge < -0.3 is 4.74 Å². The smallest absolute Gasteiger partial charge is 0.0653 e. The summed E-state index contributed by atoms with van der Waals surface area (Å²) in [6.07, 6.45) is 5.40.